The Bertz CT molecular complexity index is 466. The molecule has 2 aliphatic heterocycles. The topological polar surface area (TPSA) is 44.8 Å². The van der Waals surface area contributed by atoms with Crippen molar-refractivity contribution < 1.29 is 9.53 Å². The third-order valence-corrected chi connectivity index (χ3v) is 5.37. The van der Waals surface area contributed by atoms with Gasteiger partial charge in [-0.2, -0.15) is 11.3 Å². The molecule has 3 rings (SSSR count). The maximum Gasteiger partial charge on any atom is 0.234 e. The van der Waals surface area contributed by atoms with Crippen LogP contribution in [0.2, 0.25) is 0 Å². The van der Waals surface area contributed by atoms with E-state index in [0.717, 1.165) is 52.3 Å². The van der Waals surface area contributed by atoms with Crippen LogP contribution in [0.25, 0.3) is 0 Å². The highest BCUT2D eigenvalue weighted by Crippen LogP contribution is 2.14. The van der Waals surface area contributed by atoms with Crippen LogP contribution in [0.15, 0.2) is 16.8 Å². The smallest absolute Gasteiger partial charge is 0.234 e. The Morgan fingerprint density at radius 1 is 1.30 bits per heavy atom. The van der Waals surface area contributed by atoms with Gasteiger partial charge in [0.05, 0.1) is 12.6 Å². The van der Waals surface area contributed by atoms with Crippen molar-refractivity contribution in [3.05, 3.63) is 22.4 Å². The van der Waals surface area contributed by atoms with E-state index in [1.54, 1.807) is 11.3 Å². The number of piperazine rings is 1. The molecule has 0 saturated carbocycles. The summed E-state index contributed by atoms with van der Waals surface area (Å²) in [6, 6.07) is 2.12. The molecule has 0 radical (unpaired) electrons. The molecular formula is C17H27N3O2S. The number of hydrogen-bond donors (Lipinski definition) is 1. The Kier molecular flexibility index (Phi) is 6.45. The Labute approximate surface area is 142 Å². The molecule has 128 valence electrons. The highest BCUT2D eigenvalue weighted by Gasteiger charge is 2.23. The molecule has 1 aromatic rings. The number of hydrogen-bond acceptors (Lipinski definition) is 5. The second kappa shape index (κ2) is 8.78. The average molecular weight is 337 g/mol. The van der Waals surface area contributed by atoms with Crippen LogP contribution in [0, 0.1) is 0 Å². The normalized spacial score (nSPS) is 23.2. The highest BCUT2D eigenvalue weighted by molar-refractivity contribution is 7.07. The summed E-state index contributed by atoms with van der Waals surface area (Å²) in [5, 5.41) is 7.24. The Hall–Kier alpha value is -0.950. The number of nitrogens with zero attached hydrogens (tertiary/aromatic N) is 2. The molecule has 23 heavy (non-hydrogen) atoms. The summed E-state index contributed by atoms with van der Waals surface area (Å²) in [5.41, 5.74) is 1.30. The van der Waals surface area contributed by atoms with Gasteiger partial charge < -0.3 is 10.1 Å². The largest absolute Gasteiger partial charge is 0.377 e. The molecule has 2 aliphatic rings. The van der Waals surface area contributed by atoms with Gasteiger partial charge in [0.25, 0.3) is 0 Å². The molecule has 0 spiro atoms. The van der Waals surface area contributed by atoms with Crippen LogP contribution in [0.5, 0.6) is 0 Å². The fraction of sp³-hybridized carbons (Fsp3) is 0.706. The molecule has 0 aliphatic carbocycles. The van der Waals surface area contributed by atoms with Crippen molar-refractivity contribution in [3.8, 4) is 0 Å². The van der Waals surface area contributed by atoms with Gasteiger partial charge in [-0.05, 0) is 41.7 Å². The summed E-state index contributed by atoms with van der Waals surface area (Å²) in [7, 11) is 0. The molecule has 1 unspecified atom stereocenters. The van der Waals surface area contributed by atoms with Crippen LogP contribution >= 0.6 is 11.3 Å². The zero-order chi connectivity index (χ0) is 15.9. The predicted molar refractivity (Wildman–Crippen MR) is 92.9 cm³/mol. The average Bonchev–Trinajstić information content (AvgIpc) is 3.23. The summed E-state index contributed by atoms with van der Waals surface area (Å²) in [6.45, 7) is 7.28. The van der Waals surface area contributed by atoms with Gasteiger partial charge in [0.15, 0.2) is 0 Å². The lowest BCUT2D eigenvalue weighted by molar-refractivity contribution is -0.122. The van der Waals surface area contributed by atoms with E-state index in [-0.39, 0.29) is 5.91 Å². The van der Waals surface area contributed by atoms with Crippen molar-refractivity contribution >= 4 is 17.2 Å². The van der Waals surface area contributed by atoms with Crippen molar-refractivity contribution in [1.82, 2.24) is 15.1 Å². The van der Waals surface area contributed by atoms with Crippen LogP contribution in [-0.2, 0) is 16.0 Å². The molecule has 1 atom stereocenters. The molecule has 0 aromatic carbocycles. The van der Waals surface area contributed by atoms with E-state index >= 15 is 0 Å². The van der Waals surface area contributed by atoms with E-state index in [2.05, 4.69) is 31.9 Å². The van der Waals surface area contributed by atoms with Crippen LogP contribution in [0.3, 0.4) is 0 Å². The second-order valence-corrected chi connectivity index (χ2v) is 7.22. The lowest BCUT2D eigenvalue weighted by Gasteiger charge is -2.35. The predicted octanol–water partition coefficient (Wildman–Crippen LogP) is 1.20. The fourth-order valence-corrected chi connectivity index (χ4v) is 3.95. The number of thiophene rings is 1. The number of amides is 1. The molecule has 6 heteroatoms. The quantitative estimate of drug-likeness (QED) is 0.812. The van der Waals surface area contributed by atoms with E-state index in [9.17, 15) is 4.79 Å². The van der Waals surface area contributed by atoms with Crippen molar-refractivity contribution in [1.29, 1.82) is 0 Å². The zero-order valence-corrected chi connectivity index (χ0v) is 14.5. The molecule has 1 aromatic heterocycles. The monoisotopic (exact) mass is 337 g/mol. The minimum absolute atomic E-state index is 0.146. The first-order valence-electron chi connectivity index (χ1n) is 8.64. The van der Waals surface area contributed by atoms with Crippen molar-refractivity contribution in [2.45, 2.75) is 25.4 Å². The van der Waals surface area contributed by atoms with Crippen molar-refractivity contribution in [3.63, 3.8) is 0 Å². The van der Waals surface area contributed by atoms with Crippen LogP contribution < -0.4 is 5.32 Å². The standard InChI is InChI=1S/C17H27N3O2S/c21-17(18-5-3-15-4-11-23-14-15)13-20-8-6-19(7-9-20)12-16-2-1-10-22-16/h4,11,14,16H,1-3,5-10,12-13H2,(H,18,21). The van der Waals surface area contributed by atoms with Crippen molar-refractivity contribution in [2.75, 3.05) is 52.4 Å². The number of ether oxygens (including phenoxy) is 1. The molecule has 2 saturated heterocycles. The molecular weight excluding hydrogens is 310 g/mol. The van der Waals surface area contributed by atoms with Gasteiger partial charge >= 0.3 is 0 Å². The van der Waals surface area contributed by atoms with Gasteiger partial charge in [0, 0.05) is 45.9 Å². The first-order chi connectivity index (χ1) is 11.3. The summed E-state index contributed by atoms with van der Waals surface area (Å²) in [4.78, 5) is 16.7. The number of carbonyl (C=O) groups excluding carboxylic acids is 1. The van der Waals surface area contributed by atoms with Gasteiger partial charge in [-0.15, -0.1) is 0 Å². The minimum Gasteiger partial charge on any atom is -0.377 e. The summed E-state index contributed by atoms with van der Waals surface area (Å²) < 4.78 is 5.70. The van der Waals surface area contributed by atoms with E-state index in [4.69, 9.17) is 4.74 Å². The third kappa shape index (κ3) is 5.57. The first-order valence-corrected chi connectivity index (χ1v) is 9.58. The Morgan fingerprint density at radius 3 is 2.83 bits per heavy atom. The number of carbonyl (C=O) groups is 1. The summed E-state index contributed by atoms with van der Waals surface area (Å²) in [5.74, 6) is 0.146. The van der Waals surface area contributed by atoms with Gasteiger partial charge in [-0.3, -0.25) is 14.6 Å². The van der Waals surface area contributed by atoms with Gasteiger partial charge in [-0.1, -0.05) is 0 Å². The van der Waals surface area contributed by atoms with Gasteiger partial charge in [0.1, 0.15) is 0 Å². The second-order valence-electron chi connectivity index (χ2n) is 6.44. The lowest BCUT2D eigenvalue weighted by atomic mass is 10.2. The molecule has 2 fully saturated rings. The van der Waals surface area contributed by atoms with E-state index in [1.165, 1.54) is 18.4 Å². The molecule has 1 amide bonds. The van der Waals surface area contributed by atoms with E-state index in [1.807, 2.05) is 0 Å². The van der Waals surface area contributed by atoms with Gasteiger partial charge in [0.2, 0.25) is 5.91 Å². The van der Waals surface area contributed by atoms with Crippen LogP contribution in [0.1, 0.15) is 18.4 Å². The Balaban J connectivity index is 1.28. The molecule has 3 heterocycles. The van der Waals surface area contributed by atoms with E-state index < -0.39 is 0 Å². The number of nitrogens with one attached hydrogen (secondary N) is 1. The van der Waals surface area contributed by atoms with Crippen molar-refractivity contribution in [2.24, 2.45) is 0 Å². The molecule has 1 N–H and O–H groups in total. The minimum atomic E-state index is 0.146. The first kappa shape index (κ1) is 16.9. The molecule has 5 nitrogen and oxygen atoms in total. The molecule has 0 bridgehead atoms. The third-order valence-electron chi connectivity index (χ3n) is 4.63. The maximum atomic E-state index is 12.0. The Morgan fingerprint density at radius 2 is 2.13 bits per heavy atom. The van der Waals surface area contributed by atoms with Crippen LogP contribution in [-0.4, -0.2) is 74.2 Å². The van der Waals surface area contributed by atoms with E-state index in [0.29, 0.717) is 12.6 Å². The maximum absolute atomic E-state index is 12.0. The fourth-order valence-electron chi connectivity index (χ4n) is 3.25. The summed E-state index contributed by atoms with van der Waals surface area (Å²) in [6.07, 6.45) is 3.76. The van der Waals surface area contributed by atoms with Gasteiger partial charge in [-0.25, -0.2) is 0 Å². The lowest BCUT2D eigenvalue weighted by Crippen LogP contribution is -2.51. The number of rotatable bonds is 7. The van der Waals surface area contributed by atoms with Crippen LogP contribution in [0.4, 0.5) is 0 Å². The SMILES string of the molecule is O=C(CN1CCN(CC2CCCO2)CC1)NCCc1ccsc1. The summed E-state index contributed by atoms with van der Waals surface area (Å²) >= 11 is 1.70. The zero-order valence-electron chi connectivity index (χ0n) is 13.7. The highest BCUT2D eigenvalue weighted by atomic mass is 32.1.